The summed E-state index contributed by atoms with van der Waals surface area (Å²) in [6.45, 7) is 1.41. The lowest BCUT2D eigenvalue weighted by molar-refractivity contribution is -0.148. The van der Waals surface area contributed by atoms with Crippen LogP contribution in [-0.2, 0) is 27.1 Å². The number of nitrogens with one attached hydrogen (secondary N) is 1. The number of carbonyl (C=O) groups excluding carboxylic acids is 1. The Bertz CT molecular complexity index is 1110. The molecule has 0 aliphatic carbocycles. The van der Waals surface area contributed by atoms with Crippen LogP contribution in [0.15, 0.2) is 84.9 Å². The second-order valence-electron chi connectivity index (χ2n) is 8.01. The molecule has 0 aliphatic heterocycles. The fourth-order valence-corrected chi connectivity index (χ4v) is 4.26. The number of carboxylic acid groups (broad SMARTS) is 1. The molecule has 8 heteroatoms. The highest BCUT2D eigenvalue weighted by Gasteiger charge is 2.54. The summed E-state index contributed by atoms with van der Waals surface area (Å²) >= 11 is 0. The van der Waals surface area contributed by atoms with Gasteiger partial charge in [0, 0.05) is 0 Å². The highest BCUT2D eigenvalue weighted by Crippen LogP contribution is 2.36. The number of amides is 1. The van der Waals surface area contributed by atoms with Crippen LogP contribution in [0.4, 0.5) is 4.79 Å². The molecular formula is C26H27NO6P+. The van der Waals surface area contributed by atoms with Crippen molar-refractivity contribution in [1.29, 1.82) is 0 Å². The van der Waals surface area contributed by atoms with Crippen molar-refractivity contribution in [1.82, 2.24) is 5.32 Å². The van der Waals surface area contributed by atoms with E-state index in [2.05, 4.69) is 5.32 Å². The van der Waals surface area contributed by atoms with Gasteiger partial charge >= 0.3 is 20.5 Å². The summed E-state index contributed by atoms with van der Waals surface area (Å²) in [7, 11) is -1.39. The SMILES string of the molecule is CC(NC(=O)OCc1ccccc1)C(O)([PH+]=O)C(Cc1ccc(-c2ccccc2)cc1)C(=O)O. The number of aliphatic carboxylic acids is 1. The van der Waals surface area contributed by atoms with Crippen LogP contribution in [0.2, 0.25) is 0 Å². The second kappa shape index (κ2) is 11.5. The first-order valence-corrected chi connectivity index (χ1v) is 11.7. The molecule has 3 aromatic rings. The zero-order valence-corrected chi connectivity index (χ0v) is 19.7. The van der Waals surface area contributed by atoms with Gasteiger partial charge in [0.15, 0.2) is 0 Å². The number of carbonyl (C=O) groups is 2. The summed E-state index contributed by atoms with van der Waals surface area (Å²) in [6.07, 6.45) is -0.911. The molecule has 7 nitrogen and oxygen atoms in total. The number of hydrogen-bond donors (Lipinski definition) is 3. The van der Waals surface area contributed by atoms with Crippen LogP contribution in [0.5, 0.6) is 0 Å². The van der Waals surface area contributed by atoms with Crippen LogP contribution >= 0.6 is 8.46 Å². The topological polar surface area (TPSA) is 113 Å². The number of hydrogen-bond acceptors (Lipinski definition) is 5. The Morgan fingerprint density at radius 1 is 0.912 bits per heavy atom. The zero-order chi connectivity index (χ0) is 24.6. The quantitative estimate of drug-likeness (QED) is 0.365. The standard InChI is InChI=1S/C26H26NO6P/c1-18(27-25(30)33-17-20-8-4-2-5-9-20)26(31,34-32)23(24(28)29)16-19-12-14-22(15-13-19)21-10-6-3-7-11-21/h2-15,18,23,31H,16-17H2,1H3,(H,27,30)(H,28,29)/p+1. The first-order valence-electron chi connectivity index (χ1n) is 10.8. The van der Waals surface area contributed by atoms with E-state index in [0.29, 0.717) is 5.56 Å². The van der Waals surface area contributed by atoms with Crippen LogP contribution in [0, 0.1) is 5.92 Å². The molecule has 0 heterocycles. The molecule has 3 rings (SSSR count). The predicted octanol–water partition coefficient (Wildman–Crippen LogP) is 4.62. The van der Waals surface area contributed by atoms with E-state index in [-0.39, 0.29) is 13.0 Å². The molecule has 3 N–H and O–H groups in total. The van der Waals surface area contributed by atoms with Crippen LogP contribution in [0.25, 0.3) is 11.1 Å². The van der Waals surface area contributed by atoms with Crippen molar-refractivity contribution in [3.8, 4) is 11.1 Å². The first-order chi connectivity index (χ1) is 16.3. The van der Waals surface area contributed by atoms with E-state index >= 15 is 0 Å². The second-order valence-corrected chi connectivity index (χ2v) is 9.02. The third-order valence-corrected chi connectivity index (χ3v) is 6.81. The Kier molecular flexibility index (Phi) is 8.52. The molecule has 4 unspecified atom stereocenters. The average Bonchev–Trinajstić information content (AvgIpc) is 2.87. The van der Waals surface area contributed by atoms with E-state index in [1.807, 2.05) is 48.5 Å². The Morgan fingerprint density at radius 2 is 1.47 bits per heavy atom. The van der Waals surface area contributed by atoms with Crippen LogP contribution in [-0.4, -0.2) is 33.7 Å². The van der Waals surface area contributed by atoms with E-state index in [1.54, 1.807) is 36.4 Å². The summed E-state index contributed by atoms with van der Waals surface area (Å²) in [5.74, 6) is -2.74. The molecule has 0 radical (unpaired) electrons. The third-order valence-electron chi connectivity index (χ3n) is 5.70. The zero-order valence-electron chi connectivity index (χ0n) is 18.7. The maximum absolute atomic E-state index is 12.2. The van der Waals surface area contributed by atoms with Gasteiger partial charge in [-0.05, 0) is 35.6 Å². The fraction of sp³-hybridized carbons (Fsp3) is 0.231. The summed E-state index contributed by atoms with van der Waals surface area (Å²) in [5.41, 5.74) is 3.41. The van der Waals surface area contributed by atoms with E-state index in [0.717, 1.165) is 16.7 Å². The number of rotatable bonds is 10. The number of aliphatic hydroxyl groups is 1. The summed E-state index contributed by atoms with van der Waals surface area (Å²) in [6, 6.07) is 24.9. The molecule has 34 heavy (non-hydrogen) atoms. The molecule has 0 fully saturated rings. The number of carboxylic acids is 1. The average molecular weight is 480 g/mol. The van der Waals surface area contributed by atoms with Gasteiger partial charge in [0.05, 0.1) is 0 Å². The van der Waals surface area contributed by atoms with E-state index < -0.39 is 37.8 Å². The molecule has 0 aromatic heterocycles. The van der Waals surface area contributed by atoms with Crippen molar-refractivity contribution in [3.63, 3.8) is 0 Å². The molecule has 0 aliphatic rings. The lowest BCUT2D eigenvalue weighted by atomic mass is 9.89. The number of ether oxygens (including phenoxy) is 1. The minimum atomic E-state index is -2.20. The van der Waals surface area contributed by atoms with Gasteiger partial charge in [-0.25, -0.2) is 4.79 Å². The highest BCUT2D eigenvalue weighted by atomic mass is 31.1. The highest BCUT2D eigenvalue weighted by molar-refractivity contribution is 7.25. The van der Waals surface area contributed by atoms with Gasteiger partial charge in [-0.2, -0.15) is 0 Å². The van der Waals surface area contributed by atoms with Crippen molar-refractivity contribution in [3.05, 3.63) is 96.1 Å². The van der Waals surface area contributed by atoms with Crippen molar-refractivity contribution < 1.29 is 29.1 Å². The molecule has 0 bridgehead atoms. The molecule has 176 valence electrons. The lowest BCUT2D eigenvalue weighted by Gasteiger charge is -2.28. The monoisotopic (exact) mass is 480 g/mol. The smallest absolute Gasteiger partial charge is 0.407 e. The summed E-state index contributed by atoms with van der Waals surface area (Å²) in [5, 5.41) is 21.2. The Labute approximate surface area is 199 Å². The Balaban J connectivity index is 1.69. The van der Waals surface area contributed by atoms with Crippen LogP contribution in [0.1, 0.15) is 18.1 Å². The van der Waals surface area contributed by atoms with Crippen molar-refractivity contribution in [2.45, 2.75) is 31.3 Å². The van der Waals surface area contributed by atoms with Gasteiger partial charge in [0.25, 0.3) is 5.34 Å². The molecule has 0 saturated carbocycles. The van der Waals surface area contributed by atoms with Crippen molar-refractivity contribution in [2.75, 3.05) is 0 Å². The molecule has 3 aromatic carbocycles. The minimum absolute atomic E-state index is 0.00754. The molecule has 1 amide bonds. The predicted molar refractivity (Wildman–Crippen MR) is 130 cm³/mol. The largest absolute Gasteiger partial charge is 0.481 e. The molecule has 0 saturated heterocycles. The molecule has 4 atom stereocenters. The van der Waals surface area contributed by atoms with E-state index in [1.165, 1.54) is 6.92 Å². The van der Waals surface area contributed by atoms with Gasteiger partial charge in [0.2, 0.25) is 0 Å². The minimum Gasteiger partial charge on any atom is -0.481 e. The van der Waals surface area contributed by atoms with E-state index in [9.17, 15) is 24.4 Å². The van der Waals surface area contributed by atoms with Crippen molar-refractivity contribution in [2.24, 2.45) is 5.92 Å². The molecular weight excluding hydrogens is 453 g/mol. The lowest BCUT2D eigenvalue weighted by Crippen LogP contribution is -2.54. The van der Waals surface area contributed by atoms with Gasteiger partial charge in [-0.1, -0.05) is 89.5 Å². The molecule has 0 spiro atoms. The Hall–Kier alpha value is -3.54. The van der Waals surface area contributed by atoms with Gasteiger partial charge in [0.1, 0.15) is 18.6 Å². The summed E-state index contributed by atoms with van der Waals surface area (Å²) in [4.78, 5) is 24.3. The maximum Gasteiger partial charge on any atom is 0.407 e. The third kappa shape index (κ3) is 6.28. The number of alkyl carbamates (subject to hydrolysis) is 1. The first kappa shape index (κ1) is 25.1. The summed E-state index contributed by atoms with van der Waals surface area (Å²) < 4.78 is 17.2. The fourth-order valence-electron chi connectivity index (χ4n) is 3.64. The maximum atomic E-state index is 12.2. The normalized spacial score (nSPS) is 14.5. The number of benzene rings is 3. The van der Waals surface area contributed by atoms with Crippen LogP contribution in [0.3, 0.4) is 0 Å². The van der Waals surface area contributed by atoms with Gasteiger partial charge < -0.3 is 20.3 Å². The van der Waals surface area contributed by atoms with Crippen molar-refractivity contribution >= 4 is 20.5 Å². The Morgan fingerprint density at radius 3 is 2.03 bits per heavy atom. The van der Waals surface area contributed by atoms with Gasteiger partial charge in [-0.3, -0.25) is 4.79 Å². The van der Waals surface area contributed by atoms with E-state index in [4.69, 9.17) is 4.74 Å². The van der Waals surface area contributed by atoms with Crippen LogP contribution < -0.4 is 5.32 Å². The van der Waals surface area contributed by atoms with Gasteiger partial charge in [-0.15, -0.1) is 0 Å².